The van der Waals surface area contributed by atoms with E-state index in [0.29, 0.717) is 24.0 Å². The molecule has 5 heteroatoms. The van der Waals surface area contributed by atoms with E-state index in [2.05, 4.69) is 0 Å². The Morgan fingerprint density at radius 3 is 2.46 bits per heavy atom. The van der Waals surface area contributed by atoms with Gasteiger partial charge in [0.15, 0.2) is 6.61 Å². The van der Waals surface area contributed by atoms with Crippen LogP contribution in [0.5, 0.6) is 0 Å². The van der Waals surface area contributed by atoms with Gasteiger partial charge in [0.05, 0.1) is 5.41 Å². The monoisotopic (exact) mass is 357 g/mol. The van der Waals surface area contributed by atoms with Crippen LogP contribution in [0.4, 0.5) is 4.39 Å². The van der Waals surface area contributed by atoms with Crippen molar-refractivity contribution in [1.29, 1.82) is 0 Å². The third-order valence-electron chi connectivity index (χ3n) is 5.64. The van der Waals surface area contributed by atoms with Crippen LogP contribution < -0.4 is 0 Å². The first kappa shape index (κ1) is 18.4. The number of aryl methyl sites for hydroxylation is 1. The first-order valence-electron chi connectivity index (χ1n) is 8.94. The van der Waals surface area contributed by atoms with Gasteiger partial charge < -0.3 is 9.30 Å². The summed E-state index contributed by atoms with van der Waals surface area (Å²) in [7, 11) is 1.89. The second kappa shape index (κ2) is 7.06. The Hall–Kier alpha value is -2.43. The second-order valence-electron chi connectivity index (χ2n) is 7.14. The van der Waals surface area contributed by atoms with Gasteiger partial charge in [-0.05, 0) is 50.5 Å². The van der Waals surface area contributed by atoms with Crippen molar-refractivity contribution in [2.45, 2.75) is 44.9 Å². The molecule has 0 spiro atoms. The van der Waals surface area contributed by atoms with E-state index in [0.717, 1.165) is 24.2 Å². The minimum atomic E-state index is -0.843. The first-order valence-corrected chi connectivity index (χ1v) is 8.94. The van der Waals surface area contributed by atoms with Crippen molar-refractivity contribution >= 4 is 11.8 Å². The van der Waals surface area contributed by atoms with Crippen LogP contribution in [-0.4, -0.2) is 22.9 Å². The lowest BCUT2D eigenvalue weighted by atomic mass is 9.79. The van der Waals surface area contributed by atoms with E-state index in [1.165, 1.54) is 12.1 Å². The fourth-order valence-corrected chi connectivity index (χ4v) is 3.86. The highest BCUT2D eigenvalue weighted by atomic mass is 19.1. The van der Waals surface area contributed by atoms with Crippen molar-refractivity contribution in [3.8, 4) is 0 Å². The molecule has 1 saturated carbocycles. The molecule has 0 saturated heterocycles. The smallest absolute Gasteiger partial charge is 0.317 e. The number of halogens is 1. The van der Waals surface area contributed by atoms with Crippen molar-refractivity contribution in [3.63, 3.8) is 0 Å². The molecule has 1 aromatic carbocycles. The maximum absolute atomic E-state index is 13.7. The van der Waals surface area contributed by atoms with Crippen molar-refractivity contribution in [1.82, 2.24) is 4.57 Å². The molecule has 0 amide bonds. The van der Waals surface area contributed by atoms with Crippen LogP contribution in [0.25, 0.3) is 0 Å². The molecule has 0 unspecified atom stereocenters. The summed E-state index contributed by atoms with van der Waals surface area (Å²) in [5.41, 5.74) is 2.20. The summed E-state index contributed by atoms with van der Waals surface area (Å²) < 4.78 is 21.0. The molecule has 0 N–H and O–H groups in total. The molecular weight excluding hydrogens is 333 g/mol. The van der Waals surface area contributed by atoms with Gasteiger partial charge in [-0.3, -0.25) is 9.59 Å². The van der Waals surface area contributed by atoms with E-state index < -0.39 is 11.4 Å². The third kappa shape index (κ3) is 3.18. The summed E-state index contributed by atoms with van der Waals surface area (Å²) in [5, 5.41) is 0. The summed E-state index contributed by atoms with van der Waals surface area (Å²) in [5.74, 6) is -1.01. The molecule has 4 nitrogen and oxygen atoms in total. The maximum atomic E-state index is 13.7. The predicted octanol–water partition coefficient (Wildman–Crippen LogP) is 4.02. The Kier molecular flexibility index (Phi) is 4.99. The minimum absolute atomic E-state index is 0.216. The van der Waals surface area contributed by atoms with Crippen LogP contribution in [0.2, 0.25) is 0 Å². The van der Waals surface area contributed by atoms with E-state index in [1.807, 2.05) is 31.5 Å². The average molecular weight is 357 g/mol. The van der Waals surface area contributed by atoms with E-state index in [4.69, 9.17) is 4.74 Å². The van der Waals surface area contributed by atoms with Gasteiger partial charge in [0, 0.05) is 24.0 Å². The van der Waals surface area contributed by atoms with Crippen LogP contribution in [0.1, 0.15) is 53.0 Å². The second-order valence-corrected chi connectivity index (χ2v) is 7.14. The molecule has 0 aliphatic heterocycles. The molecule has 1 aliphatic carbocycles. The summed E-state index contributed by atoms with van der Waals surface area (Å²) >= 11 is 0. The number of nitrogens with zero attached hydrogens (tertiary/aromatic N) is 1. The molecule has 1 fully saturated rings. The number of hydrogen-bond acceptors (Lipinski definition) is 3. The number of rotatable bonds is 5. The fourth-order valence-electron chi connectivity index (χ4n) is 3.86. The van der Waals surface area contributed by atoms with E-state index in [9.17, 15) is 14.0 Å². The zero-order valence-electron chi connectivity index (χ0n) is 15.5. The number of ether oxygens (including phenoxy) is 1. The Bertz CT molecular complexity index is 847. The molecule has 0 atom stereocenters. The minimum Gasteiger partial charge on any atom is -0.457 e. The van der Waals surface area contributed by atoms with Crippen LogP contribution in [0.15, 0.2) is 30.3 Å². The van der Waals surface area contributed by atoms with Crippen LogP contribution in [0.3, 0.4) is 0 Å². The van der Waals surface area contributed by atoms with Gasteiger partial charge >= 0.3 is 5.97 Å². The van der Waals surface area contributed by atoms with Gasteiger partial charge in [-0.25, -0.2) is 4.39 Å². The van der Waals surface area contributed by atoms with Crippen molar-refractivity contribution in [2.24, 2.45) is 7.05 Å². The molecule has 1 aromatic heterocycles. The molecule has 3 rings (SSSR count). The number of Topliss-reactive ketones (excluding diaryl/α,β-unsaturated/α-hetero) is 1. The van der Waals surface area contributed by atoms with Crippen LogP contribution >= 0.6 is 0 Å². The Balaban J connectivity index is 1.77. The Labute approximate surface area is 153 Å². The zero-order chi connectivity index (χ0) is 18.9. The maximum Gasteiger partial charge on any atom is 0.317 e. The van der Waals surface area contributed by atoms with Crippen LogP contribution in [0, 0.1) is 19.7 Å². The number of benzene rings is 1. The highest BCUT2D eigenvalue weighted by Gasteiger charge is 2.44. The summed E-state index contributed by atoms with van der Waals surface area (Å²) in [6.07, 6.45) is 3.01. The van der Waals surface area contributed by atoms with Gasteiger partial charge in [-0.15, -0.1) is 0 Å². The average Bonchev–Trinajstić information content (AvgIpc) is 3.22. The number of carbonyl (C=O) groups is 2. The largest absolute Gasteiger partial charge is 0.457 e. The van der Waals surface area contributed by atoms with Gasteiger partial charge in [-0.1, -0.05) is 25.0 Å². The Morgan fingerprint density at radius 2 is 1.88 bits per heavy atom. The molecule has 0 bridgehead atoms. The Morgan fingerprint density at radius 1 is 1.19 bits per heavy atom. The van der Waals surface area contributed by atoms with Gasteiger partial charge in [0.1, 0.15) is 5.82 Å². The molecule has 1 aliphatic rings. The molecule has 2 aromatic rings. The molecule has 1 heterocycles. The fraction of sp³-hybridized carbons (Fsp3) is 0.429. The highest BCUT2D eigenvalue weighted by molar-refractivity contribution is 5.99. The number of hydrogen-bond donors (Lipinski definition) is 0. The van der Waals surface area contributed by atoms with E-state index in [1.54, 1.807) is 12.1 Å². The van der Waals surface area contributed by atoms with E-state index >= 15 is 0 Å². The molecule has 0 radical (unpaired) electrons. The quantitative estimate of drug-likeness (QED) is 0.600. The number of esters is 1. The van der Waals surface area contributed by atoms with Gasteiger partial charge in [0.2, 0.25) is 5.78 Å². The van der Waals surface area contributed by atoms with E-state index in [-0.39, 0.29) is 18.2 Å². The highest BCUT2D eigenvalue weighted by Crippen LogP contribution is 2.42. The van der Waals surface area contributed by atoms with Crippen LogP contribution in [-0.2, 0) is 22.0 Å². The number of aromatic nitrogens is 1. The van der Waals surface area contributed by atoms with Crippen molar-refractivity contribution in [3.05, 3.63) is 58.7 Å². The normalized spacial score (nSPS) is 15.8. The predicted molar refractivity (Wildman–Crippen MR) is 96.7 cm³/mol. The lowest BCUT2D eigenvalue weighted by Crippen LogP contribution is -2.36. The summed E-state index contributed by atoms with van der Waals surface area (Å²) in [6.45, 7) is 3.50. The first-order chi connectivity index (χ1) is 12.3. The zero-order valence-corrected chi connectivity index (χ0v) is 15.5. The molecular formula is C21H24FNO3. The summed E-state index contributed by atoms with van der Waals surface area (Å²) in [6, 6.07) is 7.95. The lowest BCUT2D eigenvalue weighted by Gasteiger charge is -2.27. The van der Waals surface area contributed by atoms with Gasteiger partial charge in [0.25, 0.3) is 0 Å². The topological polar surface area (TPSA) is 48.3 Å². The third-order valence-corrected chi connectivity index (χ3v) is 5.64. The number of ketones is 1. The van der Waals surface area contributed by atoms with Gasteiger partial charge in [-0.2, -0.15) is 0 Å². The number of carbonyl (C=O) groups excluding carboxylic acids is 2. The summed E-state index contributed by atoms with van der Waals surface area (Å²) in [4.78, 5) is 25.4. The molecule has 26 heavy (non-hydrogen) atoms. The SMILES string of the molecule is Cc1cc(C(=O)COC(=O)C2(c3cccc(F)c3)CCCC2)c(C)n1C. The standard InChI is InChI=1S/C21H24FNO3/c1-14-11-18(15(2)23(14)3)19(24)13-26-20(25)21(9-4-5-10-21)16-7-6-8-17(22)12-16/h6-8,11-12H,4-5,9-10,13H2,1-3H3. The lowest BCUT2D eigenvalue weighted by molar-refractivity contribution is -0.149. The van der Waals surface area contributed by atoms with Crippen molar-refractivity contribution < 1.29 is 18.7 Å². The molecule has 138 valence electrons. The van der Waals surface area contributed by atoms with Crippen molar-refractivity contribution in [2.75, 3.05) is 6.61 Å².